The molecule has 0 aliphatic heterocycles. The molecule has 2 atom stereocenters. The van der Waals surface area contributed by atoms with Gasteiger partial charge in [0.25, 0.3) is 0 Å². The second-order valence-electron chi connectivity index (χ2n) is 5.90. The first-order valence-electron chi connectivity index (χ1n) is 7.05. The van der Waals surface area contributed by atoms with Crippen LogP contribution in [0.5, 0.6) is 0 Å². The van der Waals surface area contributed by atoms with Crippen molar-refractivity contribution in [1.29, 1.82) is 0 Å². The lowest BCUT2D eigenvalue weighted by atomic mass is 9.77. The standard InChI is InChI=1S/C14H26N2O3/c1-10(11(2)15)13(19)16(3)14(9-12(17)18)7-5-4-6-8-14/h10-11H,4-9,15H2,1-3H3,(H,17,18). The van der Waals surface area contributed by atoms with E-state index in [0.717, 1.165) is 32.1 Å². The lowest BCUT2D eigenvalue weighted by Crippen LogP contribution is -2.55. The molecule has 1 rings (SSSR count). The Morgan fingerprint density at radius 1 is 1.26 bits per heavy atom. The average Bonchev–Trinajstić information content (AvgIpc) is 2.36. The largest absolute Gasteiger partial charge is 0.481 e. The van der Waals surface area contributed by atoms with Crippen LogP contribution in [-0.2, 0) is 9.59 Å². The topological polar surface area (TPSA) is 83.6 Å². The van der Waals surface area contributed by atoms with E-state index in [-0.39, 0.29) is 24.3 Å². The van der Waals surface area contributed by atoms with E-state index in [0.29, 0.717) is 0 Å². The molecule has 3 N–H and O–H groups in total. The van der Waals surface area contributed by atoms with E-state index >= 15 is 0 Å². The van der Waals surface area contributed by atoms with Crippen molar-refractivity contribution < 1.29 is 14.7 Å². The van der Waals surface area contributed by atoms with E-state index in [2.05, 4.69) is 0 Å². The number of nitrogens with zero attached hydrogens (tertiary/aromatic N) is 1. The van der Waals surface area contributed by atoms with Gasteiger partial charge >= 0.3 is 5.97 Å². The SMILES string of the molecule is CC(N)C(C)C(=O)N(C)C1(CC(=O)O)CCCCC1. The molecule has 0 radical (unpaired) electrons. The molecule has 0 aromatic rings. The summed E-state index contributed by atoms with van der Waals surface area (Å²) in [6, 6.07) is -0.222. The molecule has 0 heterocycles. The van der Waals surface area contributed by atoms with Gasteiger partial charge in [0.15, 0.2) is 0 Å². The maximum Gasteiger partial charge on any atom is 0.305 e. The highest BCUT2D eigenvalue weighted by Crippen LogP contribution is 2.36. The summed E-state index contributed by atoms with van der Waals surface area (Å²) >= 11 is 0. The van der Waals surface area contributed by atoms with Crippen LogP contribution >= 0.6 is 0 Å². The van der Waals surface area contributed by atoms with Crippen molar-refractivity contribution in [2.75, 3.05) is 7.05 Å². The molecule has 0 saturated heterocycles. The van der Waals surface area contributed by atoms with Gasteiger partial charge in [0.2, 0.25) is 5.91 Å². The average molecular weight is 270 g/mol. The highest BCUT2D eigenvalue weighted by Gasteiger charge is 2.41. The Kier molecular flexibility index (Phi) is 5.35. The molecule has 110 valence electrons. The summed E-state index contributed by atoms with van der Waals surface area (Å²) in [5.74, 6) is -1.16. The normalized spacial score (nSPS) is 21.5. The Labute approximate surface area is 115 Å². The molecule has 1 fully saturated rings. The van der Waals surface area contributed by atoms with Crippen molar-refractivity contribution in [1.82, 2.24) is 4.90 Å². The highest BCUT2D eigenvalue weighted by molar-refractivity contribution is 5.80. The molecule has 1 aliphatic carbocycles. The maximum atomic E-state index is 12.4. The zero-order valence-electron chi connectivity index (χ0n) is 12.2. The summed E-state index contributed by atoms with van der Waals surface area (Å²) in [6.07, 6.45) is 4.66. The number of rotatable bonds is 5. The van der Waals surface area contributed by atoms with Crippen molar-refractivity contribution in [3.05, 3.63) is 0 Å². The summed E-state index contributed by atoms with van der Waals surface area (Å²) < 4.78 is 0. The van der Waals surface area contributed by atoms with Crippen LogP contribution in [0.15, 0.2) is 0 Å². The van der Waals surface area contributed by atoms with E-state index in [9.17, 15) is 9.59 Å². The second-order valence-corrected chi connectivity index (χ2v) is 5.90. The summed E-state index contributed by atoms with van der Waals surface area (Å²) in [4.78, 5) is 25.2. The molecule has 5 nitrogen and oxygen atoms in total. The van der Waals surface area contributed by atoms with Crippen molar-refractivity contribution in [3.63, 3.8) is 0 Å². The fourth-order valence-corrected chi connectivity index (χ4v) is 2.89. The maximum absolute atomic E-state index is 12.4. The Bertz CT molecular complexity index is 336. The predicted octanol–water partition coefficient (Wildman–Crippen LogP) is 1.61. The fraction of sp³-hybridized carbons (Fsp3) is 0.857. The van der Waals surface area contributed by atoms with Gasteiger partial charge in [0.05, 0.1) is 17.9 Å². The minimum atomic E-state index is -0.838. The third-order valence-electron chi connectivity index (χ3n) is 4.48. The van der Waals surface area contributed by atoms with Gasteiger partial charge in [-0.2, -0.15) is 0 Å². The molecule has 2 unspecified atom stereocenters. The number of amides is 1. The molecule has 1 amide bonds. The van der Waals surface area contributed by atoms with Gasteiger partial charge < -0.3 is 15.7 Å². The number of hydrogen-bond donors (Lipinski definition) is 2. The van der Waals surface area contributed by atoms with Gasteiger partial charge in [-0.25, -0.2) is 0 Å². The molecule has 0 aromatic heterocycles. The fourth-order valence-electron chi connectivity index (χ4n) is 2.89. The summed E-state index contributed by atoms with van der Waals surface area (Å²) in [5.41, 5.74) is 5.26. The summed E-state index contributed by atoms with van der Waals surface area (Å²) in [7, 11) is 1.73. The molecule has 0 spiro atoms. The predicted molar refractivity (Wildman–Crippen MR) is 73.7 cm³/mol. The lowest BCUT2D eigenvalue weighted by Gasteiger charge is -2.45. The van der Waals surface area contributed by atoms with E-state index in [1.807, 2.05) is 0 Å². The third kappa shape index (κ3) is 3.69. The van der Waals surface area contributed by atoms with Crippen LogP contribution in [0.25, 0.3) is 0 Å². The minimum Gasteiger partial charge on any atom is -0.481 e. The molecular formula is C14H26N2O3. The molecule has 5 heteroatoms. The first-order chi connectivity index (χ1) is 8.80. The Balaban J connectivity index is 2.90. The first-order valence-corrected chi connectivity index (χ1v) is 7.05. The van der Waals surface area contributed by atoms with E-state index < -0.39 is 11.5 Å². The zero-order valence-corrected chi connectivity index (χ0v) is 12.2. The van der Waals surface area contributed by atoms with Gasteiger partial charge in [0, 0.05) is 13.1 Å². The summed E-state index contributed by atoms with van der Waals surface area (Å²) in [5, 5.41) is 9.15. The van der Waals surface area contributed by atoms with Crippen molar-refractivity contribution >= 4 is 11.9 Å². The van der Waals surface area contributed by atoms with Gasteiger partial charge in [-0.05, 0) is 19.8 Å². The molecule has 0 bridgehead atoms. The molecule has 1 aliphatic rings. The van der Waals surface area contributed by atoms with E-state index in [4.69, 9.17) is 10.8 Å². The number of carbonyl (C=O) groups is 2. The van der Waals surface area contributed by atoms with Crippen LogP contribution in [0.4, 0.5) is 0 Å². The first kappa shape index (κ1) is 16.0. The van der Waals surface area contributed by atoms with Gasteiger partial charge in [-0.1, -0.05) is 26.2 Å². The van der Waals surface area contributed by atoms with Crippen LogP contribution in [0.1, 0.15) is 52.4 Å². The van der Waals surface area contributed by atoms with E-state index in [1.165, 1.54) is 0 Å². The minimum absolute atomic E-state index is 0.0287. The highest BCUT2D eigenvalue weighted by atomic mass is 16.4. The zero-order chi connectivity index (χ0) is 14.6. The molecule has 0 aromatic carbocycles. The third-order valence-corrected chi connectivity index (χ3v) is 4.48. The number of carbonyl (C=O) groups excluding carboxylic acids is 1. The van der Waals surface area contributed by atoms with Crippen molar-refractivity contribution in [2.24, 2.45) is 11.7 Å². The number of nitrogens with two attached hydrogens (primary N) is 1. The van der Waals surface area contributed by atoms with Crippen LogP contribution in [0, 0.1) is 5.92 Å². The quantitative estimate of drug-likeness (QED) is 0.795. The lowest BCUT2D eigenvalue weighted by molar-refractivity contribution is -0.148. The van der Waals surface area contributed by atoms with Crippen LogP contribution < -0.4 is 5.73 Å². The number of hydrogen-bond acceptors (Lipinski definition) is 3. The number of carboxylic acids is 1. The smallest absolute Gasteiger partial charge is 0.305 e. The molecular weight excluding hydrogens is 244 g/mol. The number of carboxylic acid groups (broad SMARTS) is 1. The molecule has 1 saturated carbocycles. The monoisotopic (exact) mass is 270 g/mol. The van der Waals surface area contributed by atoms with Crippen LogP contribution in [0.3, 0.4) is 0 Å². The molecule has 19 heavy (non-hydrogen) atoms. The van der Waals surface area contributed by atoms with Crippen LogP contribution in [0.2, 0.25) is 0 Å². The summed E-state index contributed by atoms with van der Waals surface area (Å²) in [6.45, 7) is 3.61. The van der Waals surface area contributed by atoms with Crippen molar-refractivity contribution in [3.8, 4) is 0 Å². The van der Waals surface area contributed by atoms with Crippen LogP contribution in [-0.4, -0.2) is 40.5 Å². The van der Waals surface area contributed by atoms with E-state index in [1.54, 1.807) is 25.8 Å². The van der Waals surface area contributed by atoms with Crippen molar-refractivity contribution in [2.45, 2.75) is 64.0 Å². The van der Waals surface area contributed by atoms with Gasteiger partial charge in [-0.15, -0.1) is 0 Å². The Hall–Kier alpha value is -1.10. The Morgan fingerprint density at radius 3 is 2.21 bits per heavy atom. The van der Waals surface area contributed by atoms with Gasteiger partial charge in [0.1, 0.15) is 0 Å². The van der Waals surface area contributed by atoms with Gasteiger partial charge in [-0.3, -0.25) is 9.59 Å². The second kappa shape index (κ2) is 6.37. The Morgan fingerprint density at radius 2 is 1.79 bits per heavy atom. The number of aliphatic carboxylic acids is 1.